The third kappa shape index (κ3) is 12.2. The smallest absolute Gasteiger partial charge is 0.497 e. The average Bonchev–Trinajstić information content (AvgIpc) is 3.26. The summed E-state index contributed by atoms with van der Waals surface area (Å²) in [4.78, 5) is 36.8. The van der Waals surface area contributed by atoms with E-state index < -0.39 is 26.5 Å². The van der Waals surface area contributed by atoms with Gasteiger partial charge in [-0.1, -0.05) is 82.1 Å². The zero-order valence-electron chi connectivity index (χ0n) is 35.0. The van der Waals surface area contributed by atoms with E-state index in [1.165, 1.54) is 13.3 Å². The molecule has 1 aliphatic carbocycles. The number of benzene rings is 4. The molecule has 5 rings (SSSR count). The summed E-state index contributed by atoms with van der Waals surface area (Å²) in [6.07, 6.45) is 5.91. The molecule has 0 aliphatic heterocycles. The van der Waals surface area contributed by atoms with Crippen molar-refractivity contribution in [3.63, 3.8) is 0 Å². The van der Waals surface area contributed by atoms with Crippen LogP contribution in [0.5, 0.6) is 23.0 Å². The predicted octanol–water partition coefficient (Wildman–Crippen LogP) is 10.2. The van der Waals surface area contributed by atoms with E-state index in [0.29, 0.717) is 49.1 Å². The molecule has 324 valence electrons. The highest BCUT2D eigenvalue weighted by Gasteiger charge is 2.37. The number of amides is 1. The average molecular weight is 844 g/mol. The summed E-state index contributed by atoms with van der Waals surface area (Å²) in [5.74, 6) is 1.63. The molecule has 0 saturated heterocycles. The molecule has 1 aliphatic rings. The number of hydrogen-bond acceptors (Lipinski definition) is 11. The minimum atomic E-state index is -2.70. The Labute approximate surface area is 356 Å². The van der Waals surface area contributed by atoms with Crippen LogP contribution in [-0.4, -0.2) is 68.6 Å². The first-order valence-electron chi connectivity index (χ1n) is 20.1. The lowest BCUT2D eigenvalue weighted by Crippen LogP contribution is -2.43. The van der Waals surface area contributed by atoms with Crippen LogP contribution in [0.3, 0.4) is 0 Å². The van der Waals surface area contributed by atoms with Crippen molar-refractivity contribution in [3.05, 3.63) is 119 Å². The molecule has 1 saturated carbocycles. The fourth-order valence-corrected chi connectivity index (χ4v) is 9.68. The normalized spacial score (nSPS) is 14.4. The number of carbonyl (C=O) groups excluding carboxylic acids is 3. The quantitative estimate of drug-likeness (QED) is 0.0317. The lowest BCUT2D eigenvalue weighted by atomic mass is 9.65. The summed E-state index contributed by atoms with van der Waals surface area (Å²) < 4.78 is 43.7. The third-order valence-corrected chi connectivity index (χ3v) is 14.2. The molecule has 0 heterocycles. The van der Waals surface area contributed by atoms with Crippen LogP contribution in [0.25, 0.3) is 0 Å². The highest BCUT2D eigenvalue weighted by atomic mass is 28.4. The van der Waals surface area contributed by atoms with Gasteiger partial charge in [-0.3, -0.25) is 4.79 Å². The Bertz CT molecular complexity index is 1940. The second-order valence-corrected chi connectivity index (χ2v) is 18.0. The maximum absolute atomic E-state index is 13.0. The molecule has 1 amide bonds. The molecule has 0 radical (unpaired) electrons. The molecule has 1 fully saturated rings. The van der Waals surface area contributed by atoms with Gasteiger partial charge < -0.3 is 42.3 Å². The summed E-state index contributed by atoms with van der Waals surface area (Å²) in [6, 6.07) is 31.2. The zero-order chi connectivity index (χ0) is 42.3. The lowest BCUT2D eigenvalue weighted by molar-refractivity contribution is -0.131. The monoisotopic (exact) mass is 843 g/mol. The van der Waals surface area contributed by atoms with E-state index in [1.54, 1.807) is 52.7 Å². The van der Waals surface area contributed by atoms with Crippen LogP contribution < -0.4 is 24.3 Å². The summed E-state index contributed by atoms with van der Waals surface area (Å²) >= 11 is 0. The van der Waals surface area contributed by atoms with Gasteiger partial charge in [0, 0.05) is 51.7 Å². The fraction of sp³-hybridized carbons (Fsp3) is 0.426. The molecular formula is C47H61NO11Si. The molecular weight excluding hydrogens is 783 g/mol. The summed E-state index contributed by atoms with van der Waals surface area (Å²) in [5, 5.41) is 2.78. The molecule has 4 aromatic carbocycles. The molecule has 4 aromatic rings. The first-order chi connectivity index (χ1) is 28.5. The van der Waals surface area contributed by atoms with E-state index in [2.05, 4.69) is 12.2 Å². The number of methoxy groups -OCH3 is 1. The zero-order valence-corrected chi connectivity index (χ0v) is 36.0. The van der Waals surface area contributed by atoms with Gasteiger partial charge in [0.25, 0.3) is 0 Å². The van der Waals surface area contributed by atoms with Gasteiger partial charge in [-0.2, -0.15) is 0 Å². The minimum absolute atomic E-state index is 0. The van der Waals surface area contributed by atoms with E-state index >= 15 is 0 Å². The molecule has 1 N–H and O–H groups in total. The maximum Gasteiger partial charge on any atom is 0.519 e. The van der Waals surface area contributed by atoms with E-state index in [4.69, 9.17) is 37.0 Å². The van der Waals surface area contributed by atoms with Crippen LogP contribution in [0.1, 0.15) is 94.9 Å². The number of ether oxygens (including phenoxy) is 5. The van der Waals surface area contributed by atoms with Gasteiger partial charge in [0.05, 0.1) is 13.7 Å². The van der Waals surface area contributed by atoms with E-state index in [9.17, 15) is 14.4 Å². The van der Waals surface area contributed by atoms with Crippen LogP contribution >= 0.6 is 0 Å². The highest BCUT2D eigenvalue weighted by Crippen LogP contribution is 2.46. The lowest BCUT2D eigenvalue weighted by Gasteiger charge is -2.38. The molecule has 60 heavy (non-hydrogen) atoms. The third-order valence-electron chi connectivity index (χ3n) is 11.3. The summed E-state index contributed by atoms with van der Waals surface area (Å²) in [7, 11) is 3.61. The topological polar surface area (TPSA) is 137 Å². The van der Waals surface area contributed by atoms with Gasteiger partial charge in [0.2, 0.25) is 0 Å². The van der Waals surface area contributed by atoms with Crippen molar-refractivity contribution < 1.29 is 51.3 Å². The highest BCUT2D eigenvalue weighted by molar-refractivity contribution is 6.60. The maximum atomic E-state index is 13.0. The number of rotatable bonds is 19. The number of carbonyl (C=O) groups is 3. The van der Waals surface area contributed by atoms with Crippen molar-refractivity contribution in [2.75, 3.05) is 41.6 Å². The van der Waals surface area contributed by atoms with E-state index in [1.807, 2.05) is 72.8 Å². The van der Waals surface area contributed by atoms with Crippen molar-refractivity contribution >= 4 is 27.0 Å². The van der Waals surface area contributed by atoms with E-state index in [-0.39, 0.29) is 25.4 Å². The van der Waals surface area contributed by atoms with Crippen molar-refractivity contribution in [3.8, 4) is 23.0 Å². The molecule has 1 unspecified atom stereocenters. The Morgan fingerprint density at radius 2 is 1.12 bits per heavy atom. The number of hydrogen-bond donors (Lipinski definition) is 1. The molecule has 1 atom stereocenters. The van der Waals surface area contributed by atoms with Gasteiger partial charge >= 0.3 is 27.0 Å². The van der Waals surface area contributed by atoms with Gasteiger partial charge in [0.1, 0.15) is 23.0 Å². The van der Waals surface area contributed by atoms with Crippen LogP contribution in [-0.2, 0) is 33.6 Å². The van der Waals surface area contributed by atoms with Crippen LogP contribution in [0.2, 0.25) is 6.04 Å². The molecule has 0 aromatic heterocycles. The molecule has 0 bridgehead atoms. The van der Waals surface area contributed by atoms with Gasteiger partial charge in [-0.05, 0) is 103 Å². The van der Waals surface area contributed by atoms with E-state index in [0.717, 1.165) is 53.7 Å². The molecule has 0 spiro atoms. The first-order valence-corrected chi connectivity index (χ1v) is 22.0. The predicted molar refractivity (Wildman–Crippen MR) is 232 cm³/mol. The minimum Gasteiger partial charge on any atom is -0.497 e. The number of esters is 1. The van der Waals surface area contributed by atoms with Gasteiger partial charge in [-0.15, -0.1) is 0 Å². The Kier molecular flexibility index (Phi) is 17.7. The Morgan fingerprint density at radius 1 is 0.650 bits per heavy atom. The summed E-state index contributed by atoms with van der Waals surface area (Å²) in [5.41, 5.74) is 3.68. The molecule has 12 nitrogen and oxygen atoms in total. The second kappa shape index (κ2) is 22.4. The largest absolute Gasteiger partial charge is 0.519 e. The SMILES string of the molecule is C.COc1ccc(C(C)(CCCOC(=O)NCCC[Si](OC)(OC)OC)c2ccc(OC(=O)Oc3ccc(C4(c5ccc(OC(C)=O)cc5)CCCCC4)cc3)cc2)cc1. The van der Waals surface area contributed by atoms with Crippen molar-refractivity contribution in [2.45, 2.75) is 89.5 Å². The van der Waals surface area contributed by atoms with Gasteiger partial charge in [0.15, 0.2) is 0 Å². The molecule has 13 heteroatoms. The summed E-state index contributed by atoms with van der Waals surface area (Å²) in [6.45, 7) is 4.16. The fourth-order valence-electron chi connectivity index (χ4n) is 7.96. The second-order valence-electron chi connectivity index (χ2n) is 14.9. The van der Waals surface area contributed by atoms with Crippen LogP contribution in [0.15, 0.2) is 97.1 Å². The van der Waals surface area contributed by atoms with Crippen LogP contribution in [0.4, 0.5) is 9.59 Å². The van der Waals surface area contributed by atoms with Crippen molar-refractivity contribution in [2.24, 2.45) is 0 Å². The number of alkyl carbamates (subject to hydrolysis) is 1. The van der Waals surface area contributed by atoms with Crippen LogP contribution in [0, 0.1) is 0 Å². The Hall–Kier alpha value is -5.21. The van der Waals surface area contributed by atoms with Crippen molar-refractivity contribution in [1.29, 1.82) is 0 Å². The number of nitrogens with one attached hydrogen (secondary N) is 1. The Balaban J connectivity index is 0.00000794. The van der Waals surface area contributed by atoms with Crippen molar-refractivity contribution in [1.82, 2.24) is 5.32 Å². The Morgan fingerprint density at radius 3 is 1.58 bits per heavy atom. The first kappa shape index (κ1) is 47.5. The standard InChI is InChI=1S/C46H57NO11Si.CH4/c1-34(48)56-40-24-16-37(17-25-40)46(29-8-7-9-30-46)38-18-26-42(27-19-38)58-44(50)57-41-22-14-36(15-23-41)45(2,35-12-20-39(51-3)21-13-35)28-10-32-55-43(49)47-31-11-33-59(52-4,53-5)54-6;/h12-27H,7-11,28-33H2,1-6H3,(H,47,49);1H4. The van der Waals surface area contributed by atoms with Gasteiger partial charge in [-0.25, -0.2) is 9.59 Å².